The standard InChI is InChI=1S/C14H14N2O4/c1-16-13-9-4-3-8(19-2)7-11(9)20-6-5-10(13)12(15-16)14(17)18/h3-4,7H,5-6H2,1-2H3,(H,17,18). The fourth-order valence-corrected chi connectivity index (χ4v) is 2.52. The van der Waals surface area contributed by atoms with E-state index in [0.29, 0.717) is 30.1 Å². The van der Waals surface area contributed by atoms with Crippen molar-refractivity contribution in [2.45, 2.75) is 6.42 Å². The van der Waals surface area contributed by atoms with E-state index in [-0.39, 0.29) is 5.69 Å². The maximum atomic E-state index is 11.3. The second-order valence-electron chi connectivity index (χ2n) is 4.57. The van der Waals surface area contributed by atoms with Gasteiger partial charge in [0.15, 0.2) is 5.69 Å². The molecular formula is C14H14N2O4. The van der Waals surface area contributed by atoms with Gasteiger partial charge in [-0.3, -0.25) is 4.68 Å². The molecule has 0 saturated heterocycles. The summed E-state index contributed by atoms with van der Waals surface area (Å²) < 4.78 is 12.5. The van der Waals surface area contributed by atoms with Crippen molar-refractivity contribution < 1.29 is 19.4 Å². The van der Waals surface area contributed by atoms with Crippen molar-refractivity contribution in [1.29, 1.82) is 0 Å². The molecule has 0 atom stereocenters. The fraction of sp³-hybridized carbons (Fsp3) is 0.286. The molecule has 0 amide bonds. The van der Waals surface area contributed by atoms with E-state index in [0.717, 1.165) is 11.3 Å². The smallest absolute Gasteiger partial charge is 0.356 e. The Balaban J connectivity index is 2.24. The number of methoxy groups -OCH3 is 1. The van der Waals surface area contributed by atoms with Gasteiger partial charge in [-0.1, -0.05) is 0 Å². The first-order valence-corrected chi connectivity index (χ1v) is 6.22. The summed E-state index contributed by atoms with van der Waals surface area (Å²) >= 11 is 0. The van der Waals surface area contributed by atoms with Crippen LogP contribution >= 0.6 is 0 Å². The number of ether oxygens (including phenoxy) is 2. The molecule has 1 aromatic carbocycles. The zero-order valence-electron chi connectivity index (χ0n) is 11.2. The van der Waals surface area contributed by atoms with Crippen molar-refractivity contribution >= 4 is 5.97 Å². The molecule has 104 valence electrons. The summed E-state index contributed by atoms with van der Waals surface area (Å²) in [6.07, 6.45) is 0.516. The van der Waals surface area contributed by atoms with Crippen molar-refractivity contribution in [3.05, 3.63) is 29.5 Å². The van der Waals surface area contributed by atoms with Crippen LogP contribution in [0.2, 0.25) is 0 Å². The maximum absolute atomic E-state index is 11.3. The Labute approximate surface area is 115 Å². The number of carbonyl (C=O) groups is 1. The first kappa shape index (κ1) is 12.5. The Morgan fingerprint density at radius 3 is 3.00 bits per heavy atom. The highest BCUT2D eigenvalue weighted by atomic mass is 16.5. The molecule has 1 aliphatic heterocycles. The van der Waals surface area contributed by atoms with Gasteiger partial charge in [0, 0.05) is 30.7 Å². The summed E-state index contributed by atoms with van der Waals surface area (Å²) in [5.41, 5.74) is 2.43. The Hall–Kier alpha value is -2.50. The van der Waals surface area contributed by atoms with Crippen LogP contribution in [0.25, 0.3) is 11.3 Å². The number of hydrogen-bond acceptors (Lipinski definition) is 4. The van der Waals surface area contributed by atoms with Gasteiger partial charge >= 0.3 is 5.97 Å². The molecule has 0 fully saturated rings. The molecule has 6 nitrogen and oxygen atoms in total. The largest absolute Gasteiger partial charge is 0.497 e. The highest BCUT2D eigenvalue weighted by Gasteiger charge is 2.26. The molecule has 6 heteroatoms. The van der Waals surface area contributed by atoms with Crippen LogP contribution in [0.5, 0.6) is 11.5 Å². The second kappa shape index (κ2) is 4.56. The molecule has 1 aromatic heterocycles. The minimum absolute atomic E-state index is 0.0924. The average Bonchev–Trinajstić information content (AvgIpc) is 2.65. The molecule has 20 heavy (non-hydrogen) atoms. The summed E-state index contributed by atoms with van der Waals surface area (Å²) in [5.74, 6) is 0.370. The van der Waals surface area contributed by atoms with Crippen LogP contribution < -0.4 is 9.47 Å². The molecule has 1 N–H and O–H groups in total. The highest BCUT2D eigenvalue weighted by Crippen LogP contribution is 2.38. The molecule has 2 heterocycles. The van der Waals surface area contributed by atoms with Crippen LogP contribution in [0.4, 0.5) is 0 Å². The van der Waals surface area contributed by atoms with Crippen LogP contribution in [-0.4, -0.2) is 34.6 Å². The lowest BCUT2D eigenvalue weighted by atomic mass is 10.0. The van der Waals surface area contributed by atoms with Gasteiger partial charge in [0.25, 0.3) is 0 Å². The zero-order chi connectivity index (χ0) is 14.3. The third kappa shape index (κ3) is 1.80. The van der Waals surface area contributed by atoms with Crippen LogP contribution in [0.15, 0.2) is 18.2 Å². The number of carboxylic acid groups (broad SMARTS) is 1. The van der Waals surface area contributed by atoms with E-state index in [4.69, 9.17) is 9.47 Å². The monoisotopic (exact) mass is 274 g/mol. The third-order valence-corrected chi connectivity index (χ3v) is 3.40. The molecule has 0 unspecified atom stereocenters. The number of aromatic nitrogens is 2. The highest BCUT2D eigenvalue weighted by molar-refractivity contribution is 5.90. The molecule has 0 spiro atoms. The number of carboxylic acids is 1. The van der Waals surface area contributed by atoms with Crippen molar-refractivity contribution in [3.8, 4) is 22.8 Å². The van der Waals surface area contributed by atoms with Gasteiger partial charge in [-0.05, 0) is 12.1 Å². The predicted molar refractivity (Wildman–Crippen MR) is 71.4 cm³/mol. The molecule has 1 aliphatic rings. The number of fused-ring (bicyclic) bond motifs is 3. The Morgan fingerprint density at radius 2 is 2.30 bits per heavy atom. The topological polar surface area (TPSA) is 73.6 Å². The average molecular weight is 274 g/mol. The number of rotatable bonds is 2. The Kier molecular flexibility index (Phi) is 2.85. The first-order valence-electron chi connectivity index (χ1n) is 6.22. The molecule has 3 rings (SSSR count). The maximum Gasteiger partial charge on any atom is 0.356 e. The molecule has 0 radical (unpaired) electrons. The molecular weight excluding hydrogens is 260 g/mol. The lowest BCUT2D eigenvalue weighted by Gasteiger charge is -2.10. The first-order chi connectivity index (χ1) is 9.61. The van der Waals surface area contributed by atoms with Gasteiger partial charge in [0.05, 0.1) is 19.4 Å². The number of nitrogens with zero attached hydrogens (tertiary/aromatic N) is 2. The van der Waals surface area contributed by atoms with Gasteiger partial charge in [-0.2, -0.15) is 5.10 Å². The molecule has 0 aliphatic carbocycles. The van der Waals surface area contributed by atoms with Gasteiger partial charge in [0.2, 0.25) is 0 Å². The van der Waals surface area contributed by atoms with Gasteiger partial charge < -0.3 is 14.6 Å². The van der Waals surface area contributed by atoms with Gasteiger partial charge in [-0.15, -0.1) is 0 Å². The van der Waals surface area contributed by atoms with Crippen LogP contribution in [0, 0.1) is 0 Å². The van der Waals surface area contributed by atoms with Crippen molar-refractivity contribution in [1.82, 2.24) is 9.78 Å². The molecule has 0 saturated carbocycles. The van der Waals surface area contributed by atoms with E-state index in [2.05, 4.69) is 5.10 Å². The zero-order valence-corrected chi connectivity index (χ0v) is 11.2. The molecule has 2 aromatic rings. The van der Waals surface area contributed by atoms with E-state index in [1.807, 2.05) is 12.1 Å². The van der Waals surface area contributed by atoms with E-state index < -0.39 is 5.97 Å². The van der Waals surface area contributed by atoms with E-state index in [9.17, 15) is 9.90 Å². The van der Waals surface area contributed by atoms with Crippen LogP contribution in [0.3, 0.4) is 0 Å². The Bertz CT molecular complexity index is 691. The van der Waals surface area contributed by atoms with Gasteiger partial charge in [0.1, 0.15) is 11.5 Å². The summed E-state index contributed by atoms with van der Waals surface area (Å²) in [4.78, 5) is 11.3. The Morgan fingerprint density at radius 1 is 1.50 bits per heavy atom. The number of aryl methyl sites for hydroxylation is 1. The SMILES string of the molecule is COc1ccc2c(c1)OCCc1c(C(=O)O)nn(C)c1-2. The number of hydrogen-bond donors (Lipinski definition) is 1. The normalized spacial score (nSPS) is 12.9. The van der Waals surface area contributed by atoms with Crippen molar-refractivity contribution in [2.24, 2.45) is 7.05 Å². The van der Waals surface area contributed by atoms with Crippen LogP contribution in [-0.2, 0) is 13.5 Å². The summed E-state index contributed by atoms with van der Waals surface area (Å²) in [6.45, 7) is 0.416. The summed E-state index contributed by atoms with van der Waals surface area (Å²) in [7, 11) is 3.33. The van der Waals surface area contributed by atoms with E-state index in [1.165, 1.54) is 0 Å². The lowest BCUT2D eigenvalue weighted by Crippen LogP contribution is -2.05. The third-order valence-electron chi connectivity index (χ3n) is 3.40. The quantitative estimate of drug-likeness (QED) is 0.902. The summed E-state index contributed by atoms with van der Waals surface area (Å²) in [5, 5.41) is 13.3. The fourth-order valence-electron chi connectivity index (χ4n) is 2.52. The summed E-state index contributed by atoms with van der Waals surface area (Å²) in [6, 6.07) is 5.49. The van der Waals surface area contributed by atoms with Crippen LogP contribution in [0.1, 0.15) is 16.1 Å². The van der Waals surface area contributed by atoms with Crippen molar-refractivity contribution in [3.63, 3.8) is 0 Å². The molecule has 0 bridgehead atoms. The van der Waals surface area contributed by atoms with Gasteiger partial charge in [-0.25, -0.2) is 4.79 Å². The number of benzene rings is 1. The second-order valence-corrected chi connectivity index (χ2v) is 4.57. The van der Waals surface area contributed by atoms with E-state index >= 15 is 0 Å². The number of aromatic carboxylic acids is 1. The lowest BCUT2D eigenvalue weighted by molar-refractivity contribution is 0.0688. The van der Waals surface area contributed by atoms with E-state index in [1.54, 1.807) is 24.9 Å². The minimum atomic E-state index is -1.01. The predicted octanol–water partition coefficient (Wildman–Crippen LogP) is 1.73. The minimum Gasteiger partial charge on any atom is -0.497 e. The van der Waals surface area contributed by atoms with Crippen molar-refractivity contribution in [2.75, 3.05) is 13.7 Å².